The number of nitrogens with one attached hydrogen (secondary N) is 1. The summed E-state index contributed by atoms with van der Waals surface area (Å²) in [6.07, 6.45) is 1.82. The summed E-state index contributed by atoms with van der Waals surface area (Å²) in [7, 11) is 3.54. The Morgan fingerprint density at radius 2 is 2.13 bits per heavy atom. The Bertz CT molecular complexity index is 589. The van der Waals surface area contributed by atoms with E-state index in [1.165, 1.54) is 0 Å². The second-order valence-electron chi connectivity index (χ2n) is 6.34. The lowest BCUT2D eigenvalue weighted by Crippen LogP contribution is -2.45. The van der Waals surface area contributed by atoms with Crippen LogP contribution in [0.25, 0.3) is 0 Å². The molecule has 5 nitrogen and oxygen atoms in total. The average molecular weight is 338 g/mol. The molecule has 0 radical (unpaired) electrons. The number of hydrogen-bond donors (Lipinski definition) is 1. The molecule has 0 unspecified atom stereocenters. The van der Waals surface area contributed by atoms with Crippen LogP contribution in [0.3, 0.4) is 0 Å². The van der Waals surface area contributed by atoms with E-state index < -0.39 is 0 Å². The predicted octanol–water partition coefficient (Wildman–Crippen LogP) is 2.39. The standard InChI is InChI=1S/C17H24ClN3O2/c1-12-6-7-15(14(18)9-12)19-16(22)11-21-8-4-5-13(10-21)17(23)20(2)3/h6-7,9,13H,4-5,8,10-11H2,1-3H3,(H,19,22)/t13-/m0/s1. The van der Waals surface area contributed by atoms with Crippen LogP contribution in [-0.2, 0) is 9.59 Å². The fourth-order valence-electron chi connectivity index (χ4n) is 2.88. The first-order valence-electron chi connectivity index (χ1n) is 7.86. The number of amides is 2. The summed E-state index contributed by atoms with van der Waals surface area (Å²) >= 11 is 6.14. The van der Waals surface area contributed by atoms with Crippen LogP contribution < -0.4 is 5.32 Å². The first kappa shape index (κ1) is 17.8. The van der Waals surface area contributed by atoms with Crippen molar-refractivity contribution in [3.63, 3.8) is 0 Å². The maximum Gasteiger partial charge on any atom is 0.238 e. The van der Waals surface area contributed by atoms with Crippen LogP contribution in [0.2, 0.25) is 5.02 Å². The lowest BCUT2D eigenvalue weighted by Gasteiger charge is -2.32. The van der Waals surface area contributed by atoms with E-state index in [0.717, 1.165) is 24.9 Å². The zero-order valence-corrected chi connectivity index (χ0v) is 14.7. The summed E-state index contributed by atoms with van der Waals surface area (Å²) in [5, 5.41) is 3.38. The van der Waals surface area contributed by atoms with Crippen LogP contribution in [0.5, 0.6) is 0 Å². The maximum absolute atomic E-state index is 12.2. The van der Waals surface area contributed by atoms with Gasteiger partial charge in [-0.05, 0) is 44.0 Å². The van der Waals surface area contributed by atoms with Gasteiger partial charge in [-0.2, -0.15) is 0 Å². The van der Waals surface area contributed by atoms with Crippen LogP contribution in [0, 0.1) is 12.8 Å². The summed E-state index contributed by atoms with van der Waals surface area (Å²) in [6.45, 7) is 3.70. The number of anilines is 1. The van der Waals surface area contributed by atoms with Gasteiger partial charge in [-0.1, -0.05) is 17.7 Å². The first-order chi connectivity index (χ1) is 10.9. The third kappa shape index (κ3) is 4.94. The van der Waals surface area contributed by atoms with E-state index in [1.54, 1.807) is 19.0 Å². The van der Waals surface area contributed by atoms with Crippen molar-refractivity contribution in [3.05, 3.63) is 28.8 Å². The molecule has 126 valence electrons. The number of aryl methyl sites for hydroxylation is 1. The van der Waals surface area contributed by atoms with Gasteiger partial charge in [0.25, 0.3) is 0 Å². The minimum Gasteiger partial charge on any atom is -0.349 e. The molecule has 1 aliphatic heterocycles. The maximum atomic E-state index is 12.2. The molecular formula is C17H24ClN3O2. The normalized spacial score (nSPS) is 18.5. The van der Waals surface area contributed by atoms with E-state index in [-0.39, 0.29) is 24.3 Å². The average Bonchev–Trinajstić information content (AvgIpc) is 2.49. The van der Waals surface area contributed by atoms with Crippen molar-refractivity contribution >= 4 is 29.1 Å². The fourth-order valence-corrected chi connectivity index (χ4v) is 3.16. The molecule has 0 saturated carbocycles. The van der Waals surface area contributed by atoms with Crippen LogP contribution in [0.15, 0.2) is 18.2 Å². The van der Waals surface area contributed by atoms with Crippen LogP contribution in [0.4, 0.5) is 5.69 Å². The SMILES string of the molecule is Cc1ccc(NC(=O)CN2CCC[C@H](C(=O)N(C)C)C2)c(Cl)c1. The highest BCUT2D eigenvalue weighted by Gasteiger charge is 2.27. The Morgan fingerprint density at radius 3 is 2.78 bits per heavy atom. The Kier molecular flexibility index (Phi) is 6.02. The zero-order chi connectivity index (χ0) is 17.0. The molecular weight excluding hydrogens is 314 g/mol. The van der Waals surface area contributed by atoms with Gasteiger partial charge in [0.05, 0.1) is 23.2 Å². The Morgan fingerprint density at radius 1 is 1.39 bits per heavy atom. The van der Waals surface area contributed by atoms with Crippen molar-refractivity contribution < 1.29 is 9.59 Å². The summed E-state index contributed by atoms with van der Waals surface area (Å²) in [5.41, 5.74) is 1.68. The molecule has 23 heavy (non-hydrogen) atoms. The van der Waals surface area contributed by atoms with Crippen molar-refractivity contribution in [1.29, 1.82) is 0 Å². The molecule has 0 spiro atoms. The molecule has 1 aliphatic rings. The number of hydrogen-bond acceptors (Lipinski definition) is 3. The van der Waals surface area contributed by atoms with E-state index in [0.29, 0.717) is 17.3 Å². The lowest BCUT2D eigenvalue weighted by molar-refractivity contribution is -0.135. The zero-order valence-electron chi connectivity index (χ0n) is 13.9. The van der Waals surface area contributed by atoms with E-state index >= 15 is 0 Å². The highest BCUT2D eigenvalue weighted by molar-refractivity contribution is 6.33. The molecule has 1 aromatic carbocycles. The predicted molar refractivity (Wildman–Crippen MR) is 92.7 cm³/mol. The molecule has 1 saturated heterocycles. The third-order valence-corrected chi connectivity index (χ3v) is 4.37. The van der Waals surface area contributed by atoms with E-state index in [1.807, 2.05) is 30.0 Å². The van der Waals surface area contributed by atoms with Gasteiger partial charge in [-0.3, -0.25) is 14.5 Å². The van der Waals surface area contributed by atoms with Gasteiger partial charge in [0.15, 0.2) is 0 Å². The number of nitrogens with zero attached hydrogens (tertiary/aromatic N) is 2. The molecule has 6 heteroatoms. The number of rotatable bonds is 4. The van der Waals surface area contributed by atoms with Crippen LogP contribution in [-0.4, -0.2) is 55.3 Å². The minimum atomic E-state index is -0.103. The first-order valence-corrected chi connectivity index (χ1v) is 8.24. The van der Waals surface area contributed by atoms with Gasteiger partial charge in [-0.15, -0.1) is 0 Å². The summed E-state index contributed by atoms with van der Waals surface area (Å²) < 4.78 is 0. The summed E-state index contributed by atoms with van der Waals surface area (Å²) in [4.78, 5) is 28.0. The Balaban J connectivity index is 1.91. The van der Waals surface area contributed by atoms with Gasteiger partial charge in [-0.25, -0.2) is 0 Å². The molecule has 0 bridgehead atoms. The topological polar surface area (TPSA) is 52.7 Å². The van der Waals surface area contributed by atoms with E-state index in [4.69, 9.17) is 11.6 Å². The van der Waals surface area contributed by atoms with Crippen molar-refractivity contribution in [2.45, 2.75) is 19.8 Å². The van der Waals surface area contributed by atoms with Crippen molar-refractivity contribution in [2.24, 2.45) is 5.92 Å². The number of halogens is 1. The van der Waals surface area contributed by atoms with E-state index in [2.05, 4.69) is 5.32 Å². The lowest BCUT2D eigenvalue weighted by atomic mass is 9.97. The molecule has 1 N–H and O–H groups in total. The highest BCUT2D eigenvalue weighted by atomic mass is 35.5. The van der Waals surface area contributed by atoms with Gasteiger partial charge >= 0.3 is 0 Å². The molecule has 2 amide bonds. The number of piperidine rings is 1. The van der Waals surface area contributed by atoms with Gasteiger partial charge in [0.2, 0.25) is 11.8 Å². The van der Waals surface area contributed by atoms with Crippen LogP contribution in [0.1, 0.15) is 18.4 Å². The molecule has 1 aromatic rings. The van der Waals surface area contributed by atoms with Gasteiger partial charge < -0.3 is 10.2 Å². The molecule has 1 heterocycles. The number of carbonyl (C=O) groups is 2. The summed E-state index contributed by atoms with van der Waals surface area (Å²) in [6, 6.07) is 5.54. The quantitative estimate of drug-likeness (QED) is 0.917. The monoisotopic (exact) mass is 337 g/mol. The number of carbonyl (C=O) groups excluding carboxylic acids is 2. The van der Waals surface area contributed by atoms with E-state index in [9.17, 15) is 9.59 Å². The Hall–Kier alpha value is -1.59. The fraction of sp³-hybridized carbons (Fsp3) is 0.529. The number of benzene rings is 1. The smallest absolute Gasteiger partial charge is 0.238 e. The van der Waals surface area contributed by atoms with Crippen molar-refractivity contribution in [3.8, 4) is 0 Å². The third-order valence-electron chi connectivity index (χ3n) is 4.06. The molecule has 1 fully saturated rings. The minimum absolute atomic E-state index is 0.0190. The van der Waals surface area contributed by atoms with Crippen molar-refractivity contribution in [1.82, 2.24) is 9.80 Å². The molecule has 2 rings (SSSR count). The Labute approximate surface area is 142 Å². The number of likely N-dealkylation sites (tertiary alicyclic amines) is 1. The molecule has 0 aromatic heterocycles. The second kappa shape index (κ2) is 7.79. The van der Waals surface area contributed by atoms with Gasteiger partial charge in [0.1, 0.15) is 0 Å². The largest absolute Gasteiger partial charge is 0.349 e. The molecule has 1 atom stereocenters. The van der Waals surface area contributed by atoms with Crippen molar-refractivity contribution in [2.75, 3.05) is 39.0 Å². The molecule has 0 aliphatic carbocycles. The second-order valence-corrected chi connectivity index (χ2v) is 6.75. The van der Waals surface area contributed by atoms with Gasteiger partial charge in [0, 0.05) is 20.6 Å². The van der Waals surface area contributed by atoms with Crippen LogP contribution >= 0.6 is 11.6 Å². The summed E-state index contributed by atoms with van der Waals surface area (Å²) in [5.74, 6) is 0.0138. The highest BCUT2D eigenvalue weighted by Crippen LogP contribution is 2.23.